The number of benzene rings is 3. The SMILES string of the molecule is CCS(=O)(=O)c1ccccc1-c1ccc2c(=O)n(C3=CC=C(Cl)C4C(=NS(C)(=O)=O)NN(C)C34C)c([C@H](Cc3cc(F)cc(F)c3)NC(=O)Cn3nc(C(F)F)c4c3C(F)(F)[C@H]3C[C@@H]43)nc2c1. The molecule has 0 bridgehead atoms. The number of rotatable bonds is 12. The molecule has 3 aromatic carbocycles. The number of nitrogens with one attached hydrogen (secondary N) is 2. The fourth-order valence-corrected chi connectivity index (χ4v) is 11.6. The van der Waals surface area contributed by atoms with E-state index in [1.165, 1.54) is 55.4 Å². The minimum absolute atomic E-state index is 0.00926. The number of likely N-dealkylation sites (N-methyl/N-ethyl adjacent to an activating group) is 1. The highest BCUT2D eigenvalue weighted by atomic mass is 35.5. The molecule has 1 amide bonds. The Morgan fingerprint density at radius 2 is 1.75 bits per heavy atom. The Bertz CT molecular complexity index is 3320. The molecule has 9 rings (SSSR count). The first-order chi connectivity index (χ1) is 31.4. The number of sulfonamides is 1. The second kappa shape index (κ2) is 16.2. The van der Waals surface area contributed by atoms with E-state index in [-0.39, 0.29) is 67.1 Å². The molecule has 352 valence electrons. The van der Waals surface area contributed by atoms with Crippen LogP contribution in [-0.4, -0.2) is 77.5 Å². The summed E-state index contributed by atoms with van der Waals surface area (Å²) < 4.78 is 146. The lowest BCUT2D eigenvalue weighted by atomic mass is 9.79. The van der Waals surface area contributed by atoms with Gasteiger partial charge in [0, 0.05) is 41.6 Å². The molecule has 3 aliphatic carbocycles. The van der Waals surface area contributed by atoms with Gasteiger partial charge in [0.15, 0.2) is 9.84 Å². The lowest BCUT2D eigenvalue weighted by Crippen LogP contribution is -2.51. The van der Waals surface area contributed by atoms with Gasteiger partial charge in [-0.3, -0.25) is 18.8 Å². The highest BCUT2D eigenvalue weighted by Gasteiger charge is 2.67. The Balaban J connectivity index is 1.26. The van der Waals surface area contributed by atoms with Crippen LogP contribution >= 0.6 is 11.6 Å². The number of amidine groups is 1. The Kier molecular flexibility index (Phi) is 11.2. The number of nitrogens with zero attached hydrogens (tertiary/aromatic N) is 6. The number of aromatic nitrogens is 4. The molecule has 5 aromatic rings. The largest absolute Gasteiger partial charge is 0.344 e. The van der Waals surface area contributed by atoms with Gasteiger partial charge in [0.25, 0.3) is 27.9 Å². The summed E-state index contributed by atoms with van der Waals surface area (Å²) in [6.07, 6.45) is -0.0657. The normalized spacial score (nSPS) is 23.1. The molecular formula is C44H39ClF6N8O6S2. The van der Waals surface area contributed by atoms with Crippen LogP contribution < -0.4 is 16.3 Å². The van der Waals surface area contributed by atoms with E-state index >= 15 is 13.6 Å². The van der Waals surface area contributed by atoms with Gasteiger partial charge >= 0.3 is 0 Å². The number of carbonyl (C=O) groups excluding carboxylic acids is 1. The van der Waals surface area contributed by atoms with Crippen LogP contribution in [0.15, 0.2) is 91.9 Å². The molecule has 2 N–H and O–H groups in total. The van der Waals surface area contributed by atoms with Gasteiger partial charge in [0.05, 0.1) is 51.0 Å². The summed E-state index contributed by atoms with van der Waals surface area (Å²) in [6.45, 7) is 2.07. The maximum Gasteiger partial charge on any atom is 0.293 e. The molecule has 2 fully saturated rings. The summed E-state index contributed by atoms with van der Waals surface area (Å²) in [5.41, 5.74) is -0.862. The quantitative estimate of drug-likeness (QED) is 0.127. The smallest absolute Gasteiger partial charge is 0.293 e. The molecule has 3 heterocycles. The van der Waals surface area contributed by atoms with Gasteiger partial charge in [-0.15, -0.1) is 4.40 Å². The van der Waals surface area contributed by atoms with Crippen molar-refractivity contribution < 1.29 is 48.0 Å². The maximum absolute atomic E-state index is 15.6. The van der Waals surface area contributed by atoms with E-state index in [2.05, 4.69) is 20.2 Å². The summed E-state index contributed by atoms with van der Waals surface area (Å²) in [5.74, 6) is -10.5. The van der Waals surface area contributed by atoms with Gasteiger partial charge < -0.3 is 10.7 Å². The van der Waals surface area contributed by atoms with Gasteiger partial charge in [-0.25, -0.2) is 44.4 Å². The van der Waals surface area contributed by atoms with Crippen LogP contribution in [0.4, 0.5) is 26.3 Å². The number of hydrogen-bond acceptors (Lipinski definition) is 9. The first-order valence-electron chi connectivity index (χ1n) is 20.7. The lowest BCUT2D eigenvalue weighted by molar-refractivity contribution is -0.123. The molecular weight excluding hydrogens is 950 g/mol. The van der Waals surface area contributed by atoms with Gasteiger partial charge in [-0.1, -0.05) is 42.8 Å². The summed E-state index contributed by atoms with van der Waals surface area (Å²) >= 11 is 6.78. The average molecular weight is 989 g/mol. The van der Waals surface area contributed by atoms with E-state index in [9.17, 15) is 39.2 Å². The van der Waals surface area contributed by atoms with Crippen molar-refractivity contribution in [3.8, 4) is 11.1 Å². The second-order valence-electron chi connectivity index (χ2n) is 17.1. The predicted molar refractivity (Wildman–Crippen MR) is 235 cm³/mol. The van der Waals surface area contributed by atoms with E-state index in [1.54, 1.807) is 25.1 Å². The van der Waals surface area contributed by atoms with Crippen molar-refractivity contribution in [1.82, 2.24) is 35.1 Å². The van der Waals surface area contributed by atoms with Crippen LogP contribution in [0, 0.1) is 23.5 Å². The highest BCUT2D eigenvalue weighted by Crippen LogP contribution is 2.68. The van der Waals surface area contributed by atoms with Crippen LogP contribution in [-0.2, 0) is 43.5 Å². The third-order valence-electron chi connectivity index (χ3n) is 12.8. The molecule has 0 radical (unpaired) electrons. The number of allylic oxidation sites excluding steroid dienone is 2. The molecule has 67 heavy (non-hydrogen) atoms. The van der Waals surface area contributed by atoms with Crippen molar-refractivity contribution >= 4 is 59.8 Å². The molecule has 0 spiro atoms. The minimum Gasteiger partial charge on any atom is -0.344 e. The third kappa shape index (κ3) is 7.84. The fraction of sp³-hybridized carbons (Fsp3) is 0.341. The molecule has 1 saturated carbocycles. The van der Waals surface area contributed by atoms with Gasteiger partial charge in [-0.05, 0) is 72.9 Å². The fourth-order valence-electron chi connectivity index (χ4n) is 9.60. The highest BCUT2D eigenvalue weighted by molar-refractivity contribution is 7.91. The van der Waals surface area contributed by atoms with E-state index < -0.39 is 109 Å². The topological polar surface area (TPSA) is 178 Å². The number of fused-ring (bicyclic) bond motifs is 5. The number of hydrogen-bond donors (Lipinski definition) is 2. The van der Waals surface area contributed by atoms with Crippen LogP contribution in [0.2, 0.25) is 0 Å². The summed E-state index contributed by atoms with van der Waals surface area (Å²) in [5, 5.41) is 7.93. The van der Waals surface area contributed by atoms with E-state index in [0.29, 0.717) is 16.3 Å². The lowest BCUT2D eigenvalue weighted by Gasteiger charge is -2.40. The third-order valence-corrected chi connectivity index (χ3v) is 15.5. The monoisotopic (exact) mass is 988 g/mol. The Hall–Kier alpha value is -5.84. The number of hydrazine groups is 1. The van der Waals surface area contributed by atoms with Crippen LogP contribution in [0.3, 0.4) is 0 Å². The summed E-state index contributed by atoms with van der Waals surface area (Å²) in [6, 6.07) is 11.4. The van der Waals surface area contributed by atoms with Crippen molar-refractivity contribution in [3.63, 3.8) is 0 Å². The number of alkyl halides is 4. The maximum atomic E-state index is 15.6. The van der Waals surface area contributed by atoms with Crippen molar-refractivity contribution in [1.29, 1.82) is 0 Å². The first kappa shape index (κ1) is 46.3. The Morgan fingerprint density at radius 3 is 2.42 bits per heavy atom. The number of sulfone groups is 1. The number of carbonyl (C=O) groups is 1. The molecule has 5 atom stereocenters. The van der Waals surface area contributed by atoms with Crippen LogP contribution in [0.25, 0.3) is 27.7 Å². The zero-order valence-corrected chi connectivity index (χ0v) is 38.1. The summed E-state index contributed by atoms with van der Waals surface area (Å²) in [7, 11) is -6.30. The van der Waals surface area contributed by atoms with Crippen molar-refractivity contribution in [3.05, 3.63) is 128 Å². The standard InChI is InChI=1S/C44H39ClF6N8O6S2/c1-5-67(64,65)32-9-7-6-8-25(32)22-10-11-26-30(17-22)53-41(59(42(26)61)33-13-12-29(45)36-40(56-66(4,62)63)55-57(3)43(33,36)2)31(16-21-14-23(46)18-24(47)15-21)52-34(60)20-58-38-35(37(54-58)39(48)49)27-19-28(27)44(38,50)51/h6-15,17-18,27-28,31,36,39H,5,16,19-20H2,1-4H3,(H,52,60)(H,55,56)/t27-,28+,31+,36?,43?/m1/s1. The Morgan fingerprint density at radius 1 is 1.04 bits per heavy atom. The molecule has 4 aliphatic rings. The molecule has 23 heteroatoms. The summed E-state index contributed by atoms with van der Waals surface area (Å²) in [4.78, 5) is 34.5. The van der Waals surface area contributed by atoms with E-state index in [0.717, 1.165) is 23.0 Å². The van der Waals surface area contributed by atoms with Crippen LogP contribution in [0.5, 0.6) is 0 Å². The molecule has 14 nitrogen and oxygen atoms in total. The molecule has 2 unspecified atom stereocenters. The molecule has 1 aliphatic heterocycles. The van der Waals surface area contributed by atoms with Crippen molar-refractivity contribution in [2.45, 2.75) is 68.0 Å². The number of amides is 1. The van der Waals surface area contributed by atoms with E-state index in [1.807, 2.05) is 0 Å². The Labute approximate surface area is 384 Å². The van der Waals surface area contributed by atoms with Crippen LogP contribution in [0.1, 0.15) is 67.0 Å². The van der Waals surface area contributed by atoms with Crippen molar-refractivity contribution in [2.24, 2.45) is 16.2 Å². The zero-order chi connectivity index (χ0) is 48.3. The van der Waals surface area contributed by atoms with Gasteiger partial charge in [0.1, 0.15) is 41.2 Å². The van der Waals surface area contributed by atoms with Crippen molar-refractivity contribution in [2.75, 3.05) is 19.1 Å². The van der Waals surface area contributed by atoms with Gasteiger partial charge in [0.2, 0.25) is 5.91 Å². The number of halogens is 7. The van der Waals surface area contributed by atoms with Gasteiger partial charge in [-0.2, -0.15) is 13.9 Å². The average Bonchev–Trinajstić information content (AvgIpc) is 3.82. The first-order valence-corrected chi connectivity index (χ1v) is 24.6. The zero-order valence-electron chi connectivity index (χ0n) is 35.7. The molecule has 2 aromatic heterocycles. The van der Waals surface area contributed by atoms with E-state index in [4.69, 9.17) is 16.6 Å². The predicted octanol–water partition coefficient (Wildman–Crippen LogP) is 6.74. The molecule has 1 saturated heterocycles. The minimum atomic E-state index is -4.04. The second-order valence-corrected chi connectivity index (χ2v) is 21.4.